The summed E-state index contributed by atoms with van der Waals surface area (Å²) in [4.78, 5) is 14.5. The van der Waals surface area contributed by atoms with Gasteiger partial charge in [-0.25, -0.2) is 0 Å². The molecule has 0 spiro atoms. The van der Waals surface area contributed by atoms with Gasteiger partial charge in [-0.15, -0.1) is 0 Å². The topological polar surface area (TPSA) is 32.3 Å². The number of likely N-dealkylation sites (tertiary alicyclic amines) is 1. The standard InChI is InChI=1S/C16H24N2O/c1-4-17-16(2,3)15(19)18-11-10-14(12-18)13-8-6-5-7-9-13/h5-9,14,17H,4,10-12H2,1-3H3. The van der Waals surface area contributed by atoms with Gasteiger partial charge in [-0.05, 0) is 32.4 Å². The molecule has 0 radical (unpaired) electrons. The largest absolute Gasteiger partial charge is 0.340 e. The van der Waals surface area contributed by atoms with E-state index in [0.29, 0.717) is 5.92 Å². The van der Waals surface area contributed by atoms with Crippen molar-refractivity contribution in [1.29, 1.82) is 0 Å². The number of benzene rings is 1. The van der Waals surface area contributed by atoms with Crippen LogP contribution in [0.1, 0.15) is 38.7 Å². The quantitative estimate of drug-likeness (QED) is 0.901. The van der Waals surface area contributed by atoms with E-state index >= 15 is 0 Å². The van der Waals surface area contributed by atoms with Crippen LogP contribution in [-0.2, 0) is 4.79 Å². The van der Waals surface area contributed by atoms with Gasteiger partial charge in [0, 0.05) is 19.0 Å². The van der Waals surface area contributed by atoms with Crippen molar-refractivity contribution in [1.82, 2.24) is 10.2 Å². The smallest absolute Gasteiger partial charge is 0.242 e. The first kappa shape index (κ1) is 14.1. The van der Waals surface area contributed by atoms with Gasteiger partial charge >= 0.3 is 0 Å². The molecule has 1 saturated heterocycles. The number of carbonyl (C=O) groups is 1. The Bertz CT molecular complexity index is 428. The van der Waals surface area contributed by atoms with Gasteiger partial charge in [0.25, 0.3) is 0 Å². The van der Waals surface area contributed by atoms with Crippen LogP contribution in [0.25, 0.3) is 0 Å². The van der Waals surface area contributed by atoms with Crippen molar-refractivity contribution in [3.8, 4) is 0 Å². The minimum Gasteiger partial charge on any atom is -0.340 e. The van der Waals surface area contributed by atoms with Crippen LogP contribution in [0, 0.1) is 0 Å². The van der Waals surface area contributed by atoms with E-state index in [0.717, 1.165) is 26.1 Å². The molecule has 1 heterocycles. The molecule has 0 bridgehead atoms. The molecule has 0 aromatic heterocycles. The molecule has 1 aromatic carbocycles. The van der Waals surface area contributed by atoms with Crippen molar-refractivity contribution in [2.24, 2.45) is 0 Å². The summed E-state index contributed by atoms with van der Waals surface area (Å²) in [5.41, 5.74) is 0.888. The summed E-state index contributed by atoms with van der Waals surface area (Å²) in [5, 5.41) is 3.26. The van der Waals surface area contributed by atoms with Crippen LogP contribution in [0.15, 0.2) is 30.3 Å². The summed E-state index contributed by atoms with van der Waals surface area (Å²) in [6.45, 7) is 8.49. The van der Waals surface area contributed by atoms with Crippen molar-refractivity contribution < 1.29 is 4.79 Å². The second-order valence-electron chi connectivity index (χ2n) is 5.80. The number of amides is 1. The van der Waals surface area contributed by atoms with Crippen molar-refractivity contribution >= 4 is 5.91 Å². The molecule has 1 aliphatic rings. The Morgan fingerprint density at radius 3 is 2.68 bits per heavy atom. The minimum absolute atomic E-state index is 0.216. The number of hydrogen-bond donors (Lipinski definition) is 1. The molecule has 1 aliphatic heterocycles. The Kier molecular flexibility index (Phi) is 4.25. The predicted molar refractivity (Wildman–Crippen MR) is 78.1 cm³/mol. The normalized spacial score (nSPS) is 19.7. The maximum absolute atomic E-state index is 12.5. The maximum Gasteiger partial charge on any atom is 0.242 e. The van der Waals surface area contributed by atoms with Gasteiger partial charge in [-0.3, -0.25) is 4.79 Å². The van der Waals surface area contributed by atoms with E-state index in [1.807, 2.05) is 31.7 Å². The van der Waals surface area contributed by atoms with Gasteiger partial charge in [-0.1, -0.05) is 37.3 Å². The summed E-state index contributed by atoms with van der Waals surface area (Å²) in [6, 6.07) is 10.5. The number of hydrogen-bond acceptors (Lipinski definition) is 2. The van der Waals surface area contributed by atoms with Gasteiger partial charge in [0.05, 0.1) is 5.54 Å². The van der Waals surface area contributed by atoms with E-state index in [-0.39, 0.29) is 5.91 Å². The van der Waals surface area contributed by atoms with Crippen LogP contribution in [0.2, 0.25) is 0 Å². The van der Waals surface area contributed by atoms with Crippen molar-refractivity contribution in [3.05, 3.63) is 35.9 Å². The molecule has 3 heteroatoms. The van der Waals surface area contributed by atoms with Crippen LogP contribution in [0.4, 0.5) is 0 Å². The van der Waals surface area contributed by atoms with Crippen LogP contribution >= 0.6 is 0 Å². The van der Waals surface area contributed by atoms with E-state index in [4.69, 9.17) is 0 Å². The predicted octanol–water partition coefficient (Wildman–Crippen LogP) is 2.39. The van der Waals surface area contributed by atoms with Crippen LogP contribution in [0.3, 0.4) is 0 Å². The SMILES string of the molecule is CCNC(C)(C)C(=O)N1CCC(c2ccccc2)C1. The number of rotatable bonds is 4. The summed E-state index contributed by atoms with van der Waals surface area (Å²) < 4.78 is 0. The molecule has 0 saturated carbocycles. The first-order chi connectivity index (χ1) is 9.04. The van der Waals surface area contributed by atoms with Gasteiger partial charge < -0.3 is 10.2 Å². The number of carbonyl (C=O) groups excluding carboxylic acids is 1. The third-order valence-electron chi connectivity index (χ3n) is 3.90. The molecule has 2 rings (SSSR count). The van der Waals surface area contributed by atoms with E-state index < -0.39 is 5.54 Å². The zero-order valence-electron chi connectivity index (χ0n) is 12.1. The number of likely N-dealkylation sites (N-methyl/N-ethyl adjacent to an activating group) is 1. The van der Waals surface area contributed by atoms with E-state index in [1.165, 1.54) is 5.56 Å². The summed E-state index contributed by atoms with van der Waals surface area (Å²) in [6.07, 6.45) is 1.07. The Morgan fingerprint density at radius 2 is 2.05 bits per heavy atom. The van der Waals surface area contributed by atoms with E-state index in [1.54, 1.807) is 0 Å². The summed E-state index contributed by atoms with van der Waals surface area (Å²) in [5.74, 6) is 0.704. The van der Waals surface area contributed by atoms with Gasteiger partial charge in [0.1, 0.15) is 0 Å². The first-order valence-electron chi connectivity index (χ1n) is 7.14. The van der Waals surface area contributed by atoms with Gasteiger partial charge in [-0.2, -0.15) is 0 Å². The molecule has 3 nitrogen and oxygen atoms in total. The lowest BCUT2D eigenvalue weighted by atomic mass is 9.98. The van der Waals surface area contributed by atoms with Crippen LogP contribution < -0.4 is 5.32 Å². The third kappa shape index (κ3) is 3.16. The molecule has 104 valence electrons. The fourth-order valence-corrected chi connectivity index (χ4v) is 2.85. The molecule has 0 aliphatic carbocycles. The van der Waals surface area contributed by atoms with Crippen molar-refractivity contribution in [2.45, 2.75) is 38.6 Å². The summed E-state index contributed by atoms with van der Waals surface area (Å²) in [7, 11) is 0. The van der Waals surface area contributed by atoms with Gasteiger partial charge in [0.2, 0.25) is 5.91 Å². The maximum atomic E-state index is 12.5. The highest BCUT2D eigenvalue weighted by Gasteiger charge is 2.35. The highest BCUT2D eigenvalue weighted by Crippen LogP contribution is 2.28. The molecule has 1 fully saturated rings. The van der Waals surface area contributed by atoms with Crippen LogP contribution in [-0.4, -0.2) is 36.0 Å². The lowest BCUT2D eigenvalue weighted by Gasteiger charge is -2.30. The van der Waals surface area contributed by atoms with Crippen molar-refractivity contribution in [3.63, 3.8) is 0 Å². The Labute approximate surface area is 116 Å². The van der Waals surface area contributed by atoms with Crippen LogP contribution in [0.5, 0.6) is 0 Å². The van der Waals surface area contributed by atoms with E-state index in [9.17, 15) is 4.79 Å². The van der Waals surface area contributed by atoms with E-state index in [2.05, 4.69) is 29.6 Å². The highest BCUT2D eigenvalue weighted by atomic mass is 16.2. The molecule has 1 N–H and O–H groups in total. The molecular weight excluding hydrogens is 236 g/mol. The highest BCUT2D eigenvalue weighted by molar-refractivity contribution is 5.85. The first-order valence-corrected chi connectivity index (χ1v) is 7.14. The lowest BCUT2D eigenvalue weighted by Crippen LogP contribution is -2.53. The number of nitrogens with one attached hydrogen (secondary N) is 1. The zero-order chi connectivity index (χ0) is 13.9. The molecule has 1 amide bonds. The molecule has 1 aromatic rings. The lowest BCUT2D eigenvalue weighted by molar-refractivity contribution is -0.136. The second kappa shape index (κ2) is 5.74. The molecule has 1 unspecified atom stereocenters. The second-order valence-corrected chi connectivity index (χ2v) is 5.80. The van der Waals surface area contributed by atoms with Gasteiger partial charge in [0.15, 0.2) is 0 Å². The number of nitrogens with zero attached hydrogens (tertiary/aromatic N) is 1. The molecule has 19 heavy (non-hydrogen) atoms. The monoisotopic (exact) mass is 260 g/mol. The third-order valence-corrected chi connectivity index (χ3v) is 3.90. The van der Waals surface area contributed by atoms with Crippen molar-refractivity contribution in [2.75, 3.05) is 19.6 Å². The average Bonchev–Trinajstić information content (AvgIpc) is 2.88. The fraction of sp³-hybridized carbons (Fsp3) is 0.562. The minimum atomic E-state index is -0.458. The average molecular weight is 260 g/mol. The Morgan fingerprint density at radius 1 is 1.37 bits per heavy atom. The fourth-order valence-electron chi connectivity index (χ4n) is 2.85. The molecular formula is C16H24N2O. The summed E-state index contributed by atoms with van der Waals surface area (Å²) >= 11 is 0. The Hall–Kier alpha value is -1.35. The zero-order valence-corrected chi connectivity index (χ0v) is 12.1. The Balaban J connectivity index is 2.01. The molecule has 1 atom stereocenters.